The molecule has 0 spiro atoms. The molecule has 2 N–H and O–H groups in total. The summed E-state index contributed by atoms with van der Waals surface area (Å²) in [5.41, 5.74) is 3.89. The summed E-state index contributed by atoms with van der Waals surface area (Å²) in [4.78, 5) is 23.3. The van der Waals surface area contributed by atoms with Gasteiger partial charge in [0.25, 0.3) is 11.8 Å². The van der Waals surface area contributed by atoms with Gasteiger partial charge in [0.15, 0.2) is 0 Å². The number of hydrogen-bond acceptors (Lipinski definition) is 3. The molecule has 0 heterocycles. The molecule has 0 aliphatic rings. The molecule has 2 rings (SSSR count). The lowest BCUT2D eigenvalue weighted by Gasteiger charge is -2.03. The fourth-order valence-corrected chi connectivity index (χ4v) is 1.76. The van der Waals surface area contributed by atoms with Crippen LogP contribution < -0.4 is 10.7 Å². The molecule has 2 aromatic carbocycles. The van der Waals surface area contributed by atoms with E-state index in [0.717, 1.165) is 5.56 Å². The molecule has 5 nitrogen and oxygen atoms in total. The van der Waals surface area contributed by atoms with E-state index in [9.17, 15) is 9.59 Å². The predicted octanol–water partition coefficient (Wildman–Crippen LogP) is 2.23. The molecule has 116 valence electrons. The third-order valence-corrected chi connectivity index (χ3v) is 2.88. The van der Waals surface area contributed by atoms with Crippen LogP contribution in [-0.4, -0.2) is 24.6 Å². The Bertz CT molecular complexity index is 695. The highest BCUT2D eigenvalue weighted by molar-refractivity contribution is 5.96. The van der Waals surface area contributed by atoms with E-state index in [1.807, 2.05) is 42.5 Å². The second-order valence-electron chi connectivity index (χ2n) is 4.63. The van der Waals surface area contributed by atoms with Crippen LogP contribution in [0.5, 0.6) is 0 Å². The van der Waals surface area contributed by atoms with Crippen LogP contribution >= 0.6 is 0 Å². The van der Waals surface area contributed by atoms with E-state index in [1.54, 1.807) is 30.3 Å². The van der Waals surface area contributed by atoms with E-state index >= 15 is 0 Å². The quantitative estimate of drug-likeness (QED) is 0.634. The summed E-state index contributed by atoms with van der Waals surface area (Å²) < 4.78 is 0. The van der Waals surface area contributed by atoms with E-state index in [1.165, 1.54) is 6.21 Å². The van der Waals surface area contributed by atoms with Crippen LogP contribution in [0.25, 0.3) is 6.08 Å². The van der Waals surface area contributed by atoms with Gasteiger partial charge in [-0.05, 0) is 23.8 Å². The summed E-state index contributed by atoms with van der Waals surface area (Å²) in [6.07, 6.45) is 5.06. The zero-order chi connectivity index (χ0) is 16.3. The number of rotatable bonds is 6. The van der Waals surface area contributed by atoms with Crippen molar-refractivity contribution in [3.63, 3.8) is 0 Å². The highest BCUT2D eigenvalue weighted by Gasteiger charge is 2.06. The van der Waals surface area contributed by atoms with Crippen molar-refractivity contribution >= 4 is 24.1 Å². The van der Waals surface area contributed by atoms with Crippen molar-refractivity contribution < 1.29 is 9.59 Å². The molecule has 2 aromatic rings. The van der Waals surface area contributed by atoms with Crippen LogP contribution in [0.1, 0.15) is 15.9 Å². The van der Waals surface area contributed by atoms with Gasteiger partial charge in [-0.3, -0.25) is 9.59 Å². The van der Waals surface area contributed by atoms with Crippen molar-refractivity contribution in [1.29, 1.82) is 0 Å². The molecule has 0 aliphatic heterocycles. The summed E-state index contributed by atoms with van der Waals surface area (Å²) in [5.74, 6) is -0.688. The molecule has 2 amide bonds. The molecule has 0 unspecified atom stereocenters. The van der Waals surface area contributed by atoms with Gasteiger partial charge in [-0.25, -0.2) is 5.43 Å². The lowest BCUT2D eigenvalue weighted by Crippen LogP contribution is -2.34. The number of amides is 2. The monoisotopic (exact) mass is 307 g/mol. The smallest absolute Gasteiger partial charge is 0.259 e. The summed E-state index contributed by atoms with van der Waals surface area (Å²) in [5, 5.41) is 6.30. The maximum Gasteiger partial charge on any atom is 0.259 e. The minimum Gasteiger partial charge on any atom is -0.343 e. The van der Waals surface area contributed by atoms with Gasteiger partial charge in [0.1, 0.15) is 0 Å². The fourth-order valence-electron chi connectivity index (χ4n) is 1.76. The Morgan fingerprint density at radius 3 is 2.30 bits per heavy atom. The van der Waals surface area contributed by atoms with E-state index < -0.39 is 5.91 Å². The molecule has 23 heavy (non-hydrogen) atoms. The summed E-state index contributed by atoms with van der Waals surface area (Å²) in [7, 11) is 0. The molecule has 0 bridgehead atoms. The zero-order valence-corrected chi connectivity index (χ0v) is 12.5. The molecular formula is C18H17N3O2. The Kier molecular flexibility index (Phi) is 6.28. The van der Waals surface area contributed by atoms with Gasteiger partial charge in [-0.1, -0.05) is 54.6 Å². The lowest BCUT2D eigenvalue weighted by molar-refractivity contribution is -0.120. The average molecular weight is 307 g/mol. The van der Waals surface area contributed by atoms with Crippen LogP contribution in [0, 0.1) is 0 Å². The summed E-state index contributed by atoms with van der Waals surface area (Å²) >= 11 is 0. The molecular weight excluding hydrogens is 290 g/mol. The largest absolute Gasteiger partial charge is 0.343 e. The lowest BCUT2D eigenvalue weighted by atomic mass is 10.2. The van der Waals surface area contributed by atoms with Crippen LogP contribution in [0.3, 0.4) is 0 Å². The molecule has 0 fully saturated rings. The third-order valence-electron chi connectivity index (χ3n) is 2.88. The number of allylic oxidation sites excluding steroid dienone is 1. The molecule has 0 radical (unpaired) electrons. The molecule has 0 aliphatic carbocycles. The van der Waals surface area contributed by atoms with Gasteiger partial charge in [-0.15, -0.1) is 0 Å². The van der Waals surface area contributed by atoms with Crippen molar-refractivity contribution in [2.45, 2.75) is 0 Å². The van der Waals surface area contributed by atoms with Crippen molar-refractivity contribution in [2.24, 2.45) is 5.10 Å². The highest BCUT2D eigenvalue weighted by atomic mass is 16.2. The first-order valence-corrected chi connectivity index (χ1v) is 7.12. The number of nitrogens with zero attached hydrogens (tertiary/aromatic N) is 1. The number of carbonyl (C=O) groups is 2. The maximum atomic E-state index is 11.7. The van der Waals surface area contributed by atoms with Crippen LogP contribution in [-0.2, 0) is 4.79 Å². The third kappa shape index (κ3) is 5.97. The minimum atomic E-state index is -0.390. The molecule has 0 aromatic heterocycles. The summed E-state index contributed by atoms with van der Waals surface area (Å²) in [6.45, 7) is -0.131. The van der Waals surface area contributed by atoms with Gasteiger partial charge in [-0.2, -0.15) is 5.10 Å². The predicted molar refractivity (Wildman–Crippen MR) is 90.9 cm³/mol. The van der Waals surface area contributed by atoms with Crippen LogP contribution in [0.2, 0.25) is 0 Å². The first kappa shape index (κ1) is 16.2. The number of benzene rings is 2. The Hall–Kier alpha value is -3.21. The van der Waals surface area contributed by atoms with Crippen molar-refractivity contribution in [1.82, 2.24) is 10.7 Å². The van der Waals surface area contributed by atoms with Crippen molar-refractivity contribution in [2.75, 3.05) is 6.54 Å². The normalized spacial score (nSPS) is 10.8. The molecule has 0 saturated heterocycles. The number of hydrazone groups is 1. The minimum absolute atomic E-state index is 0.131. The van der Waals surface area contributed by atoms with Gasteiger partial charge >= 0.3 is 0 Å². The summed E-state index contributed by atoms with van der Waals surface area (Å²) in [6, 6.07) is 18.4. The van der Waals surface area contributed by atoms with E-state index in [4.69, 9.17) is 0 Å². The Morgan fingerprint density at radius 1 is 0.957 bits per heavy atom. The molecule has 0 atom stereocenters. The van der Waals surface area contributed by atoms with E-state index in [0.29, 0.717) is 5.56 Å². The van der Waals surface area contributed by atoms with Crippen molar-refractivity contribution in [3.8, 4) is 0 Å². The van der Waals surface area contributed by atoms with Crippen LogP contribution in [0.4, 0.5) is 0 Å². The second-order valence-corrected chi connectivity index (χ2v) is 4.63. The van der Waals surface area contributed by atoms with Crippen LogP contribution in [0.15, 0.2) is 71.8 Å². The first-order chi connectivity index (χ1) is 11.3. The average Bonchev–Trinajstić information content (AvgIpc) is 2.61. The first-order valence-electron chi connectivity index (χ1n) is 7.12. The zero-order valence-electron chi connectivity index (χ0n) is 12.5. The van der Waals surface area contributed by atoms with Gasteiger partial charge in [0.2, 0.25) is 0 Å². The van der Waals surface area contributed by atoms with E-state index in [2.05, 4.69) is 15.8 Å². The SMILES string of the molecule is O=C(CNC(=O)c1ccccc1)NN=C/C=C/c1ccccc1. The fraction of sp³-hybridized carbons (Fsp3) is 0.0556. The van der Waals surface area contributed by atoms with Gasteiger partial charge < -0.3 is 5.32 Å². The standard InChI is InChI=1S/C18H17N3O2/c22-17(14-19-18(23)16-11-5-2-6-12-16)21-20-13-7-10-15-8-3-1-4-9-15/h1-13H,14H2,(H,19,23)(H,21,22)/b10-7+,20-13?. The molecule has 5 heteroatoms. The number of nitrogens with one attached hydrogen (secondary N) is 2. The number of carbonyl (C=O) groups excluding carboxylic acids is 2. The van der Waals surface area contributed by atoms with E-state index in [-0.39, 0.29) is 12.5 Å². The molecule has 0 saturated carbocycles. The van der Waals surface area contributed by atoms with Crippen molar-refractivity contribution in [3.05, 3.63) is 77.9 Å². The highest BCUT2D eigenvalue weighted by Crippen LogP contribution is 1.99. The second kappa shape index (κ2) is 8.94. The Labute approximate surface area is 134 Å². The van der Waals surface area contributed by atoms with Gasteiger partial charge in [0.05, 0.1) is 6.54 Å². The maximum absolute atomic E-state index is 11.7. The topological polar surface area (TPSA) is 70.6 Å². The number of hydrogen-bond donors (Lipinski definition) is 2. The Morgan fingerprint density at radius 2 is 1.61 bits per heavy atom. The van der Waals surface area contributed by atoms with Gasteiger partial charge in [0, 0.05) is 11.8 Å². The Balaban J connectivity index is 1.70.